The lowest BCUT2D eigenvalue weighted by atomic mass is 9.85. The van der Waals surface area contributed by atoms with Gasteiger partial charge in [0, 0.05) is 18.3 Å². The number of nitrogens with zero attached hydrogens (tertiary/aromatic N) is 3. The minimum absolute atomic E-state index is 0.235. The van der Waals surface area contributed by atoms with Gasteiger partial charge >= 0.3 is 6.09 Å². The van der Waals surface area contributed by atoms with Crippen molar-refractivity contribution in [1.29, 1.82) is 0 Å². The summed E-state index contributed by atoms with van der Waals surface area (Å²) in [6, 6.07) is 11.8. The normalized spacial score (nSPS) is 19.7. The number of nitrogens with one attached hydrogen (secondary N) is 1. The Hall–Kier alpha value is -2.32. The summed E-state index contributed by atoms with van der Waals surface area (Å²) in [5, 5.41) is 10.1. The molecule has 0 aromatic carbocycles. The van der Waals surface area contributed by atoms with Gasteiger partial charge in [0.2, 0.25) is 0 Å². The molecule has 180 valence electrons. The van der Waals surface area contributed by atoms with Gasteiger partial charge in [-0.05, 0) is 103 Å². The predicted octanol–water partition coefficient (Wildman–Crippen LogP) is 5.59. The van der Waals surface area contributed by atoms with Crippen LogP contribution in [0.5, 0.6) is 0 Å². The molecule has 1 saturated heterocycles. The first-order valence-corrected chi connectivity index (χ1v) is 12.3. The van der Waals surface area contributed by atoms with E-state index in [9.17, 15) is 4.79 Å². The highest BCUT2D eigenvalue weighted by molar-refractivity contribution is 7.97. The number of anilines is 1. The molecule has 0 spiro atoms. The van der Waals surface area contributed by atoms with Crippen LogP contribution in [0.25, 0.3) is 0 Å². The number of hydrogen-bond donors (Lipinski definition) is 2. The molecule has 1 aliphatic rings. The number of likely N-dealkylation sites (tertiary alicyclic amines) is 1. The SMILES string of the molecule is CC(C)(C)OC(=O)N1CC(CCC(C)(Nc2cccc(SN)n2)c2ccccn2)CC1(C)C. The van der Waals surface area contributed by atoms with Crippen molar-refractivity contribution in [2.24, 2.45) is 11.1 Å². The van der Waals surface area contributed by atoms with E-state index in [2.05, 4.69) is 36.1 Å². The third-order valence-electron chi connectivity index (χ3n) is 6.10. The molecular formula is C25H37N5O2S. The minimum Gasteiger partial charge on any atom is -0.444 e. The number of carbonyl (C=O) groups excluding carboxylic acids is 1. The molecule has 2 atom stereocenters. The van der Waals surface area contributed by atoms with E-state index in [4.69, 9.17) is 9.88 Å². The quantitative estimate of drug-likeness (QED) is 0.509. The predicted molar refractivity (Wildman–Crippen MR) is 134 cm³/mol. The maximum absolute atomic E-state index is 12.8. The van der Waals surface area contributed by atoms with Crippen LogP contribution in [-0.4, -0.2) is 38.6 Å². The van der Waals surface area contributed by atoms with Crippen molar-refractivity contribution in [3.63, 3.8) is 0 Å². The first kappa shape index (κ1) is 25.3. The van der Waals surface area contributed by atoms with E-state index in [1.807, 2.05) is 68.3 Å². The van der Waals surface area contributed by atoms with Crippen molar-refractivity contribution in [2.45, 2.75) is 82.5 Å². The van der Waals surface area contributed by atoms with E-state index in [0.29, 0.717) is 12.5 Å². The van der Waals surface area contributed by atoms with Gasteiger partial charge in [0.25, 0.3) is 0 Å². The van der Waals surface area contributed by atoms with E-state index in [-0.39, 0.29) is 11.6 Å². The summed E-state index contributed by atoms with van der Waals surface area (Å²) >= 11 is 1.13. The summed E-state index contributed by atoms with van der Waals surface area (Å²) in [6.45, 7) is 12.8. The standard InChI is InChI=1S/C25H37N5O2S/c1-23(2,3)32-22(31)30-17-18(16-24(30,4)5)13-14-25(6,19-10-7-8-15-27-19)29-20-11-9-12-21(28-20)33-26/h7-12,15,18H,13-14,16-17,26H2,1-6H3,(H,28,29). The van der Waals surface area contributed by atoms with E-state index >= 15 is 0 Å². The average molecular weight is 472 g/mol. The zero-order valence-corrected chi connectivity index (χ0v) is 21.4. The second kappa shape index (κ2) is 9.89. The van der Waals surface area contributed by atoms with Crippen molar-refractivity contribution in [2.75, 3.05) is 11.9 Å². The Morgan fingerprint density at radius 1 is 1.24 bits per heavy atom. The van der Waals surface area contributed by atoms with Gasteiger partial charge in [0.15, 0.2) is 0 Å². The van der Waals surface area contributed by atoms with Gasteiger partial charge in [-0.25, -0.2) is 9.78 Å². The Labute approximate surface area is 202 Å². The van der Waals surface area contributed by atoms with E-state index in [1.54, 1.807) is 0 Å². The van der Waals surface area contributed by atoms with Crippen LogP contribution in [0.2, 0.25) is 0 Å². The Balaban J connectivity index is 1.75. The van der Waals surface area contributed by atoms with Gasteiger partial charge in [0.05, 0.1) is 11.2 Å². The number of carbonyl (C=O) groups is 1. The monoisotopic (exact) mass is 471 g/mol. The number of rotatable bonds is 7. The smallest absolute Gasteiger partial charge is 0.410 e. The van der Waals surface area contributed by atoms with Crippen LogP contribution in [0.1, 0.15) is 66.5 Å². The van der Waals surface area contributed by atoms with Crippen LogP contribution in [-0.2, 0) is 10.3 Å². The van der Waals surface area contributed by atoms with Gasteiger partial charge in [-0.15, -0.1) is 0 Å². The molecule has 3 rings (SSSR count). The van der Waals surface area contributed by atoms with Crippen LogP contribution < -0.4 is 10.5 Å². The zero-order valence-electron chi connectivity index (χ0n) is 20.6. The number of pyridine rings is 2. The number of hydrogen-bond acceptors (Lipinski definition) is 7. The summed E-state index contributed by atoms with van der Waals surface area (Å²) < 4.78 is 5.67. The molecule has 0 radical (unpaired) electrons. The van der Waals surface area contributed by atoms with Gasteiger partial charge in [-0.3, -0.25) is 10.1 Å². The van der Waals surface area contributed by atoms with Crippen LogP contribution in [0.15, 0.2) is 47.6 Å². The summed E-state index contributed by atoms with van der Waals surface area (Å²) in [6.07, 6.45) is 4.30. The van der Waals surface area contributed by atoms with Gasteiger partial charge in [-0.2, -0.15) is 0 Å². The summed E-state index contributed by atoms with van der Waals surface area (Å²) in [7, 11) is 0. The fraction of sp³-hybridized carbons (Fsp3) is 0.560. The number of ether oxygens (including phenoxy) is 1. The maximum atomic E-state index is 12.8. The van der Waals surface area contributed by atoms with Crippen LogP contribution in [0.3, 0.4) is 0 Å². The first-order valence-electron chi connectivity index (χ1n) is 11.5. The van der Waals surface area contributed by atoms with Gasteiger partial charge in [-0.1, -0.05) is 12.1 Å². The fourth-order valence-corrected chi connectivity index (χ4v) is 4.80. The van der Waals surface area contributed by atoms with Crippen LogP contribution >= 0.6 is 11.9 Å². The molecule has 0 saturated carbocycles. The second-order valence-electron chi connectivity index (χ2n) is 10.7. The molecule has 33 heavy (non-hydrogen) atoms. The maximum Gasteiger partial charge on any atom is 0.410 e. The van der Waals surface area contributed by atoms with E-state index in [0.717, 1.165) is 47.7 Å². The summed E-state index contributed by atoms with van der Waals surface area (Å²) in [5.74, 6) is 1.14. The van der Waals surface area contributed by atoms with Crippen molar-refractivity contribution in [3.8, 4) is 0 Å². The zero-order chi connectivity index (χ0) is 24.3. The molecule has 2 unspecified atom stereocenters. The molecule has 0 aliphatic carbocycles. The summed E-state index contributed by atoms with van der Waals surface area (Å²) in [5.41, 5.74) is -0.208. The minimum atomic E-state index is -0.504. The number of amides is 1. The summed E-state index contributed by atoms with van der Waals surface area (Å²) in [4.78, 5) is 23.9. The molecule has 3 heterocycles. The Kier molecular flexibility index (Phi) is 7.59. The highest BCUT2D eigenvalue weighted by Gasteiger charge is 2.43. The first-order chi connectivity index (χ1) is 15.4. The van der Waals surface area contributed by atoms with E-state index in [1.165, 1.54) is 0 Å². The third-order valence-corrected chi connectivity index (χ3v) is 6.57. The Morgan fingerprint density at radius 3 is 2.64 bits per heavy atom. The number of nitrogens with two attached hydrogens (primary N) is 1. The van der Waals surface area contributed by atoms with Crippen LogP contribution in [0, 0.1) is 5.92 Å². The molecule has 1 aliphatic heterocycles. The van der Waals surface area contributed by atoms with Crippen molar-refractivity contribution >= 4 is 23.9 Å². The largest absolute Gasteiger partial charge is 0.444 e. The molecule has 2 aromatic heterocycles. The molecule has 1 amide bonds. The molecule has 1 fully saturated rings. The van der Waals surface area contributed by atoms with Gasteiger partial charge < -0.3 is 15.0 Å². The Morgan fingerprint density at radius 2 is 2.00 bits per heavy atom. The number of aromatic nitrogens is 2. The second-order valence-corrected chi connectivity index (χ2v) is 11.3. The molecule has 3 N–H and O–H groups in total. The highest BCUT2D eigenvalue weighted by Crippen LogP contribution is 2.39. The molecule has 7 nitrogen and oxygen atoms in total. The lowest BCUT2D eigenvalue weighted by Crippen LogP contribution is -2.45. The lowest BCUT2D eigenvalue weighted by Gasteiger charge is -2.33. The van der Waals surface area contributed by atoms with Crippen LogP contribution in [0.4, 0.5) is 10.6 Å². The fourth-order valence-electron chi connectivity index (χ4n) is 4.49. The van der Waals surface area contributed by atoms with E-state index < -0.39 is 11.1 Å². The van der Waals surface area contributed by atoms with Crippen molar-refractivity contribution in [3.05, 3.63) is 48.3 Å². The highest BCUT2D eigenvalue weighted by atomic mass is 32.2. The molecule has 8 heteroatoms. The lowest BCUT2D eigenvalue weighted by molar-refractivity contribution is 0.0130. The molecule has 2 aromatic rings. The third kappa shape index (κ3) is 6.60. The molecular weight excluding hydrogens is 434 g/mol. The van der Waals surface area contributed by atoms with Crippen molar-refractivity contribution in [1.82, 2.24) is 14.9 Å². The average Bonchev–Trinajstić information content (AvgIpc) is 3.06. The molecule has 0 bridgehead atoms. The Bertz CT molecular complexity index is 947. The van der Waals surface area contributed by atoms with Gasteiger partial charge in [0.1, 0.15) is 16.4 Å². The topological polar surface area (TPSA) is 93.4 Å². The van der Waals surface area contributed by atoms with Crippen molar-refractivity contribution < 1.29 is 9.53 Å².